The third kappa shape index (κ3) is 5.95. The Bertz CT molecular complexity index is 505. The summed E-state index contributed by atoms with van der Waals surface area (Å²) in [6.45, 7) is 0.886. The number of hydrogen-bond donors (Lipinski definition) is 1. The number of hydrogen-bond acceptors (Lipinski definition) is 2. The molecule has 1 heterocycles. The molecule has 0 bridgehead atoms. The van der Waals surface area contributed by atoms with Crippen molar-refractivity contribution in [3.05, 3.63) is 30.1 Å². The van der Waals surface area contributed by atoms with Gasteiger partial charge in [0.15, 0.2) is 5.11 Å². The molecule has 3 rings (SSSR count). The zero-order chi connectivity index (χ0) is 17.3. The molecule has 2 aliphatic rings. The van der Waals surface area contributed by atoms with E-state index in [0.29, 0.717) is 12.1 Å². The number of aromatic nitrogens is 1. The standard InChI is InChI=1S/C21H33N3S/c25-21(23-19-11-5-2-1-3-6-12-19)24(20-13-7-4-8-14-20)17-18-10-9-15-22-16-18/h9-10,15-16,19-20H,1-8,11-14,17H2,(H,23,25). The highest BCUT2D eigenvalue weighted by Gasteiger charge is 2.25. The predicted octanol–water partition coefficient (Wildman–Crippen LogP) is 5.20. The molecular formula is C21H33N3S. The smallest absolute Gasteiger partial charge is 0.169 e. The van der Waals surface area contributed by atoms with Gasteiger partial charge in [-0.05, 0) is 49.5 Å². The first-order valence-electron chi connectivity index (χ1n) is 10.3. The molecule has 0 aromatic carbocycles. The van der Waals surface area contributed by atoms with Crippen LogP contribution < -0.4 is 5.32 Å². The number of pyridine rings is 1. The van der Waals surface area contributed by atoms with Crippen LogP contribution in [0.15, 0.2) is 24.5 Å². The van der Waals surface area contributed by atoms with Gasteiger partial charge in [0.1, 0.15) is 0 Å². The maximum absolute atomic E-state index is 5.91. The predicted molar refractivity (Wildman–Crippen MR) is 108 cm³/mol. The van der Waals surface area contributed by atoms with E-state index in [0.717, 1.165) is 11.7 Å². The summed E-state index contributed by atoms with van der Waals surface area (Å²) in [5.41, 5.74) is 1.26. The molecule has 0 aliphatic heterocycles. The van der Waals surface area contributed by atoms with Gasteiger partial charge in [-0.1, -0.05) is 57.4 Å². The van der Waals surface area contributed by atoms with Crippen LogP contribution in [0, 0.1) is 0 Å². The van der Waals surface area contributed by atoms with Gasteiger partial charge in [-0.2, -0.15) is 0 Å². The average Bonchev–Trinajstić information content (AvgIpc) is 2.63. The first kappa shape index (κ1) is 18.6. The van der Waals surface area contributed by atoms with E-state index in [-0.39, 0.29) is 0 Å². The highest BCUT2D eigenvalue weighted by molar-refractivity contribution is 7.80. The fourth-order valence-corrected chi connectivity index (χ4v) is 4.69. The average molecular weight is 360 g/mol. The molecule has 0 spiro atoms. The van der Waals surface area contributed by atoms with Crippen molar-refractivity contribution in [1.29, 1.82) is 0 Å². The lowest BCUT2D eigenvalue weighted by Crippen LogP contribution is -2.49. The Labute approximate surface area is 158 Å². The summed E-state index contributed by atoms with van der Waals surface area (Å²) in [7, 11) is 0. The van der Waals surface area contributed by atoms with Crippen LogP contribution in [0.4, 0.5) is 0 Å². The zero-order valence-corrected chi connectivity index (χ0v) is 16.3. The van der Waals surface area contributed by atoms with E-state index in [1.807, 2.05) is 18.5 Å². The minimum atomic E-state index is 0.563. The lowest BCUT2D eigenvalue weighted by molar-refractivity contribution is 0.231. The van der Waals surface area contributed by atoms with Crippen LogP contribution in [0.5, 0.6) is 0 Å². The molecular weight excluding hydrogens is 326 g/mol. The third-order valence-electron chi connectivity index (χ3n) is 5.78. The molecule has 1 N–H and O–H groups in total. The number of thiocarbonyl (C=S) groups is 1. The third-order valence-corrected chi connectivity index (χ3v) is 6.14. The van der Waals surface area contributed by atoms with Gasteiger partial charge in [-0.25, -0.2) is 0 Å². The van der Waals surface area contributed by atoms with Gasteiger partial charge in [-0.3, -0.25) is 4.98 Å². The molecule has 0 amide bonds. The van der Waals surface area contributed by atoms with E-state index in [9.17, 15) is 0 Å². The van der Waals surface area contributed by atoms with Crippen LogP contribution >= 0.6 is 12.2 Å². The highest BCUT2D eigenvalue weighted by Crippen LogP contribution is 2.25. The van der Waals surface area contributed by atoms with Crippen molar-refractivity contribution >= 4 is 17.3 Å². The Morgan fingerprint density at radius 2 is 1.64 bits per heavy atom. The normalized spacial score (nSPS) is 20.5. The molecule has 3 nitrogen and oxygen atoms in total. The van der Waals surface area contributed by atoms with E-state index < -0.39 is 0 Å². The molecule has 0 saturated heterocycles. The Balaban J connectivity index is 1.65. The topological polar surface area (TPSA) is 28.2 Å². The molecule has 0 atom stereocenters. The fourth-order valence-electron chi connectivity index (χ4n) is 4.31. The Morgan fingerprint density at radius 3 is 2.32 bits per heavy atom. The van der Waals surface area contributed by atoms with E-state index in [1.165, 1.54) is 82.6 Å². The van der Waals surface area contributed by atoms with E-state index in [4.69, 9.17) is 12.2 Å². The van der Waals surface area contributed by atoms with Gasteiger partial charge in [0.05, 0.1) is 0 Å². The van der Waals surface area contributed by atoms with Gasteiger partial charge in [0.2, 0.25) is 0 Å². The minimum absolute atomic E-state index is 0.563. The lowest BCUT2D eigenvalue weighted by Gasteiger charge is -2.38. The molecule has 1 aromatic rings. The van der Waals surface area contributed by atoms with Crippen molar-refractivity contribution in [3.63, 3.8) is 0 Å². The van der Waals surface area contributed by atoms with E-state index in [2.05, 4.69) is 21.3 Å². The van der Waals surface area contributed by atoms with Crippen molar-refractivity contribution in [3.8, 4) is 0 Å². The highest BCUT2D eigenvalue weighted by atomic mass is 32.1. The summed E-state index contributed by atoms with van der Waals surface area (Å²) in [6, 6.07) is 5.34. The summed E-state index contributed by atoms with van der Waals surface area (Å²) in [4.78, 5) is 6.75. The monoisotopic (exact) mass is 359 g/mol. The molecule has 1 aromatic heterocycles. The Hall–Kier alpha value is -1.16. The molecule has 0 unspecified atom stereocenters. The largest absolute Gasteiger partial charge is 0.360 e. The quantitative estimate of drug-likeness (QED) is 0.748. The zero-order valence-electron chi connectivity index (χ0n) is 15.5. The van der Waals surface area contributed by atoms with Gasteiger partial charge in [-0.15, -0.1) is 0 Å². The molecule has 2 aliphatic carbocycles. The minimum Gasteiger partial charge on any atom is -0.360 e. The van der Waals surface area contributed by atoms with Crippen molar-refractivity contribution in [2.45, 2.75) is 95.7 Å². The second-order valence-corrected chi connectivity index (χ2v) is 8.16. The van der Waals surface area contributed by atoms with Crippen LogP contribution in [0.25, 0.3) is 0 Å². The van der Waals surface area contributed by atoms with Crippen LogP contribution in [0.3, 0.4) is 0 Å². The van der Waals surface area contributed by atoms with Gasteiger partial charge in [0.25, 0.3) is 0 Å². The van der Waals surface area contributed by atoms with Crippen molar-refractivity contribution < 1.29 is 0 Å². The van der Waals surface area contributed by atoms with Crippen LogP contribution in [-0.4, -0.2) is 27.1 Å². The van der Waals surface area contributed by atoms with Crippen molar-refractivity contribution in [2.75, 3.05) is 0 Å². The van der Waals surface area contributed by atoms with Crippen LogP contribution in [0.1, 0.15) is 82.6 Å². The first-order valence-corrected chi connectivity index (χ1v) is 10.7. The first-order chi connectivity index (χ1) is 12.3. The molecule has 4 heteroatoms. The molecule has 0 radical (unpaired) electrons. The summed E-state index contributed by atoms with van der Waals surface area (Å²) in [5, 5.41) is 4.71. The Kier molecular flexibility index (Phi) is 7.53. The summed E-state index contributed by atoms with van der Waals surface area (Å²) in [5.74, 6) is 0. The van der Waals surface area contributed by atoms with Crippen LogP contribution in [-0.2, 0) is 6.54 Å². The second kappa shape index (κ2) is 10.1. The number of nitrogens with one attached hydrogen (secondary N) is 1. The summed E-state index contributed by atoms with van der Waals surface area (Å²) >= 11 is 5.91. The van der Waals surface area contributed by atoms with E-state index >= 15 is 0 Å². The van der Waals surface area contributed by atoms with Gasteiger partial charge < -0.3 is 10.2 Å². The van der Waals surface area contributed by atoms with Gasteiger partial charge in [0, 0.05) is 31.0 Å². The summed E-state index contributed by atoms with van der Waals surface area (Å²) in [6.07, 6.45) is 19.8. The maximum atomic E-state index is 5.91. The number of nitrogens with zero attached hydrogens (tertiary/aromatic N) is 2. The lowest BCUT2D eigenvalue weighted by atomic mass is 9.94. The SMILES string of the molecule is S=C(NC1CCCCCCC1)N(Cc1cccnc1)C1CCCCC1. The molecule has 25 heavy (non-hydrogen) atoms. The fraction of sp³-hybridized carbons (Fsp3) is 0.714. The van der Waals surface area contributed by atoms with Gasteiger partial charge >= 0.3 is 0 Å². The van der Waals surface area contributed by atoms with Crippen molar-refractivity contribution in [1.82, 2.24) is 15.2 Å². The maximum Gasteiger partial charge on any atom is 0.169 e. The summed E-state index contributed by atoms with van der Waals surface area (Å²) < 4.78 is 0. The molecule has 2 fully saturated rings. The van der Waals surface area contributed by atoms with E-state index in [1.54, 1.807) is 0 Å². The van der Waals surface area contributed by atoms with Crippen molar-refractivity contribution in [2.24, 2.45) is 0 Å². The molecule has 2 saturated carbocycles. The molecule has 138 valence electrons. The second-order valence-electron chi connectivity index (χ2n) is 7.77. The Morgan fingerprint density at radius 1 is 1.00 bits per heavy atom. The van der Waals surface area contributed by atoms with Crippen LogP contribution in [0.2, 0.25) is 0 Å². The number of rotatable bonds is 4.